The van der Waals surface area contributed by atoms with Crippen molar-refractivity contribution in [1.29, 1.82) is 0 Å². The third-order valence-electron chi connectivity index (χ3n) is 3.34. The van der Waals surface area contributed by atoms with E-state index < -0.39 is 0 Å². The Morgan fingerprint density at radius 1 is 1.17 bits per heavy atom. The molecule has 1 aromatic carbocycles. The van der Waals surface area contributed by atoms with E-state index >= 15 is 0 Å². The van der Waals surface area contributed by atoms with Crippen LogP contribution in [0.25, 0.3) is 11.3 Å². The normalized spacial score (nSPS) is 11.9. The van der Waals surface area contributed by atoms with Gasteiger partial charge in [-0.05, 0) is 26.1 Å². The maximum atomic E-state index is 6.60. The Morgan fingerprint density at radius 2 is 1.79 bits per heavy atom. The van der Waals surface area contributed by atoms with Gasteiger partial charge in [0.25, 0.3) is 0 Å². The summed E-state index contributed by atoms with van der Waals surface area (Å²) in [5.41, 5.74) is 11.8. The summed E-state index contributed by atoms with van der Waals surface area (Å²) >= 11 is 0. The van der Waals surface area contributed by atoms with Crippen molar-refractivity contribution in [3.05, 3.63) is 65.8 Å². The fourth-order valence-electron chi connectivity index (χ4n) is 2.26. The van der Waals surface area contributed by atoms with Crippen LogP contribution in [0.15, 0.2) is 42.0 Å². The van der Waals surface area contributed by atoms with Crippen molar-refractivity contribution in [2.24, 2.45) is 0 Å². The molecule has 0 amide bonds. The minimum Gasteiger partial charge on any atom is -1.00 e. The summed E-state index contributed by atoms with van der Waals surface area (Å²) in [6, 6.07) is 8.34. The summed E-state index contributed by atoms with van der Waals surface area (Å²) < 4.78 is 0. The third kappa shape index (κ3) is 10.6. The molecule has 0 unspecified atom stereocenters. The van der Waals surface area contributed by atoms with Crippen molar-refractivity contribution in [3.63, 3.8) is 0 Å². The second-order valence-electron chi connectivity index (χ2n) is 5.65. The van der Waals surface area contributed by atoms with Crippen LogP contribution < -0.4 is 24.8 Å². The van der Waals surface area contributed by atoms with Gasteiger partial charge in [-0.1, -0.05) is 43.6 Å². The molecule has 0 heterocycles. The molecular formula is C19H28Cl2N2Ti-2. The van der Waals surface area contributed by atoms with Gasteiger partial charge in [0.15, 0.2) is 0 Å². The SMILES string of the molecule is CCCC[NH-].[CH2-]c1ccccc1C1=CC(CN(C)C)=CC1.[Cl-].[Cl-].[Ti+2]. The zero-order valence-electron chi connectivity index (χ0n) is 14.9. The predicted octanol–water partition coefficient (Wildman–Crippen LogP) is -1.01. The third-order valence-corrected chi connectivity index (χ3v) is 3.34. The van der Waals surface area contributed by atoms with Crippen molar-refractivity contribution in [3.8, 4) is 0 Å². The Kier molecular flexibility index (Phi) is 19.4. The van der Waals surface area contributed by atoms with Crippen molar-refractivity contribution in [2.75, 3.05) is 27.2 Å². The van der Waals surface area contributed by atoms with Crippen molar-refractivity contribution in [1.82, 2.24) is 4.90 Å². The molecule has 134 valence electrons. The van der Waals surface area contributed by atoms with E-state index in [0.717, 1.165) is 31.4 Å². The summed E-state index contributed by atoms with van der Waals surface area (Å²) in [4.78, 5) is 2.20. The van der Waals surface area contributed by atoms with Gasteiger partial charge in [-0.15, -0.1) is 17.7 Å². The number of likely N-dealkylation sites (N-methyl/N-ethyl adjacent to an activating group) is 1. The van der Waals surface area contributed by atoms with E-state index in [1.807, 2.05) is 6.07 Å². The van der Waals surface area contributed by atoms with Gasteiger partial charge in [0.05, 0.1) is 0 Å². The van der Waals surface area contributed by atoms with E-state index in [4.69, 9.17) is 5.73 Å². The van der Waals surface area contributed by atoms with Crippen LogP contribution in [0.5, 0.6) is 0 Å². The Bertz CT molecular complexity index is 498. The molecule has 1 aliphatic carbocycles. The first-order chi connectivity index (χ1) is 10.1. The minimum atomic E-state index is 0. The molecule has 1 aromatic rings. The van der Waals surface area contributed by atoms with Gasteiger partial charge in [0.2, 0.25) is 0 Å². The van der Waals surface area contributed by atoms with Gasteiger partial charge < -0.3 is 35.4 Å². The molecular weight excluding hydrogens is 375 g/mol. The average molecular weight is 403 g/mol. The second-order valence-corrected chi connectivity index (χ2v) is 5.65. The number of rotatable bonds is 5. The van der Waals surface area contributed by atoms with Gasteiger partial charge in [0.1, 0.15) is 0 Å². The van der Waals surface area contributed by atoms with E-state index in [1.54, 1.807) is 0 Å². The van der Waals surface area contributed by atoms with Crippen LogP contribution >= 0.6 is 0 Å². The number of unbranched alkanes of at least 4 members (excludes halogenated alkanes) is 1. The number of benzene rings is 1. The molecule has 0 saturated carbocycles. The number of hydrogen-bond donors (Lipinski definition) is 0. The number of nitrogens with zero attached hydrogens (tertiary/aromatic N) is 1. The molecule has 0 saturated heterocycles. The Morgan fingerprint density at radius 3 is 2.25 bits per heavy atom. The van der Waals surface area contributed by atoms with Crippen molar-refractivity contribution >= 4 is 5.57 Å². The van der Waals surface area contributed by atoms with Gasteiger partial charge in [-0.2, -0.15) is 25.1 Å². The molecule has 0 spiro atoms. The molecule has 1 N–H and O–H groups in total. The van der Waals surface area contributed by atoms with Crippen LogP contribution in [0.3, 0.4) is 0 Å². The molecule has 2 nitrogen and oxygen atoms in total. The fraction of sp³-hybridized carbons (Fsp3) is 0.421. The molecule has 24 heavy (non-hydrogen) atoms. The largest absolute Gasteiger partial charge is 2.00 e. The van der Waals surface area contributed by atoms with Gasteiger partial charge in [-0.3, -0.25) is 0 Å². The molecule has 0 atom stereocenters. The van der Waals surface area contributed by atoms with Crippen LogP contribution in [0.1, 0.15) is 37.3 Å². The molecule has 0 bridgehead atoms. The van der Waals surface area contributed by atoms with E-state index in [2.05, 4.69) is 63.2 Å². The number of halogens is 2. The first-order valence-electron chi connectivity index (χ1n) is 7.68. The summed E-state index contributed by atoms with van der Waals surface area (Å²) in [7, 11) is 4.20. The molecule has 2 rings (SSSR count). The topological polar surface area (TPSA) is 27.0 Å². The maximum Gasteiger partial charge on any atom is 2.00 e. The molecule has 0 aliphatic heterocycles. The summed E-state index contributed by atoms with van der Waals surface area (Å²) in [6.45, 7) is 7.78. The minimum absolute atomic E-state index is 0. The molecule has 0 fully saturated rings. The predicted molar refractivity (Wildman–Crippen MR) is 94.2 cm³/mol. The van der Waals surface area contributed by atoms with Crippen LogP contribution in [0.4, 0.5) is 0 Å². The standard InChI is InChI=1S/C15H18N.C4H10N.2ClH.Ti/c1-12-6-4-5-7-15(12)14-9-8-13(10-14)11-16(2)3;1-2-3-4-5;;;/h4-8,10H,1,9,11H2,2-3H3;5H,2-4H2,1H3;2*1H;/q2*-1;;;+2/p-2. The Hall–Kier alpha value is -0.216. The van der Waals surface area contributed by atoms with E-state index in [-0.39, 0.29) is 46.5 Å². The van der Waals surface area contributed by atoms with E-state index in [0.29, 0.717) is 6.54 Å². The zero-order chi connectivity index (χ0) is 15.7. The number of nitrogens with one attached hydrogen (secondary N) is 1. The first-order valence-corrected chi connectivity index (χ1v) is 7.68. The van der Waals surface area contributed by atoms with E-state index in [1.165, 1.54) is 16.7 Å². The van der Waals surface area contributed by atoms with Crippen molar-refractivity contribution < 1.29 is 46.5 Å². The summed E-state index contributed by atoms with van der Waals surface area (Å²) in [5, 5.41) is 0. The van der Waals surface area contributed by atoms with Crippen LogP contribution in [-0.4, -0.2) is 32.1 Å². The Balaban J connectivity index is -0.000000490. The summed E-state index contributed by atoms with van der Waals surface area (Å²) in [6.07, 6.45) is 7.85. The molecule has 0 aromatic heterocycles. The zero-order valence-corrected chi connectivity index (χ0v) is 18.0. The summed E-state index contributed by atoms with van der Waals surface area (Å²) in [5.74, 6) is 0. The first kappa shape index (κ1) is 28.6. The van der Waals surface area contributed by atoms with Gasteiger partial charge >= 0.3 is 21.7 Å². The second kappa shape index (κ2) is 16.3. The smallest absolute Gasteiger partial charge is 1.00 e. The molecule has 5 heteroatoms. The van der Waals surface area contributed by atoms with Gasteiger partial charge in [0, 0.05) is 6.54 Å². The monoisotopic (exact) mass is 402 g/mol. The Labute approximate surface area is 175 Å². The number of allylic oxidation sites excluding steroid dienone is 2. The maximum absolute atomic E-state index is 6.60. The van der Waals surface area contributed by atoms with Gasteiger partial charge in [-0.25, -0.2) is 0 Å². The van der Waals surface area contributed by atoms with Crippen LogP contribution in [0, 0.1) is 6.92 Å². The molecule has 1 aliphatic rings. The fourth-order valence-corrected chi connectivity index (χ4v) is 2.26. The van der Waals surface area contributed by atoms with Crippen molar-refractivity contribution in [2.45, 2.75) is 26.2 Å². The van der Waals surface area contributed by atoms with Crippen LogP contribution in [-0.2, 0) is 21.7 Å². The quantitative estimate of drug-likeness (QED) is 0.458. The average Bonchev–Trinajstić information content (AvgIpc) is 2.88. The van der Waals surface area contributed by atoms with Crippen LogP contribution in [0.2, 0.25) is 0 Å². The number of hydrogen-bond acceptors (Lipinski definition) is 1. The van der Waals surface area contributed by atoms with E-state index in [9.17, 15) is 0 Å². The molecule has 0 radical (unpaired) electrons.